The molecular weight excluding hydrogens is 415 g/mol. The van der Waals surface area contributed by atoms with Crippen molar-refractivity contribution in [1.29, 1.82) is 0 Å². The average Bonchev–Trinajstić information content (AvgIpc) is 3.11. The van der Waals surface area contributed by atoms with Crippen molar-refractivity contribution in [2.45, 2.75) is 12.7 Å². The van der Waals surface area contributed by atoms with Gasteiger partial charge in [-0.3, -0.25) is 14.5 Å². The van der Waals surface area contributed by atoms with Gasteiger partial charge in [-0.25, -0.2) is 4.98 Å². The number of aromatic nitrogens is 4. The molecule has 1 amide bonds. The summed E-state index contributed by atoms with van der Waals surface area (Å²) in [6.45, 7) is -1.22. The van der Waals surface area contributed by atoms with Crippen LogP contribution in [0.25, 0.3) is 10.9 Å². The summed E-state index contributed by atoms with van der Waals surface area (Å²) in [4.78, 5) is 20.6. The zero-order chi connectivity index (χ0) is 22.0. The highest BCUT2D eigenvalue weighted by Crippen LogP contribution is 2.27. The van der Waals surface area contributed by atoms with Gasteiger partial charge in [-0.2, -0.15) is 18.3 Å². The zero-order valence-corrected chi connectivity index (χ0v) is 16.2. The number of carbonyl (C=O) groups is 1. The molecule has 0 spiro atoms. The topological polar surface area (TPSA) is 91.2 Å². The molecule has 4 rings (SSSR count). The number of amides is 1. The first kappa shape index (κ1) is 20.4. The summed E-state index contributed by atoms with van der Waals surface area (Å²) in [5, 5.41) is 7.74. The molecule has 1 N–H and O–H groups in total. The Morgan fingerprint density at radius 2 is 2.10 bits per heavy atom. The van der Waals surface area contributed by atoms with E-state index in [1.54, 1.807) is 29.1 Å². The Morgan fingerprint density at radius 3 is 2.77 bits per heavy atom. The van der Waals surface area contributed by atoms with E-state index in [0.29, 0.717) is 22.2 Å². The molecule has 3 aromatic heterocycles. The van der Waals surface area contributed by atoms with E-state index in [1.807, 2.05) is 6.08 Å². The minimum absolute atomic E-state index is 0.0713. The van der Waals surface area contributed by atoms with Gasteiger partial charge in [-0.05, 0) is 29.8 Å². The Hall–Kier alpha value is -3.89. The first-order valence-electron chi connectivity index (χ1n) is 9.07. The molecule has 11 heteroatoms. The summed E-state index contributed by atoms with van der Waals surface area (Å²) in [5.41, 5.74) is 2.12. The molecule has 0 aliphatic heterocycles. The van der Waals surface area contributed by atoms with Crippen LogP contribution in [-0.4, -0.2) is 45.5 Å². The highest BCUT2D eigenvalue weighted by atomic mass is 19.4. The van der Waals surface area contributed by atoms with Crippen molar-refractivity contribution in [3.8, 4) is 11.6 Å². The molecule has 0 saturated heterocycles. The predicted octanol–water partition coefficient (Wildman–Crippen LogP) is 3.01. The van der Waals surface area contributed by atoms with Gasteiger partial charge in [-0.15, -0.1) is 0 Å². The molecule has 0 saturated carbocycles. The molecule has 0 aromatic carbocycles. The van der Waals surface area contributed by atoms with Crippen LogP contribution < -0.4 is 14.8 Å². The van der Waals surface area contributed by atoms with Crippen molar-refractivity contribution >= 4 is 16.8 Å². The van der Waals surface area contributed by atoms with Crippen LogP contribution >= 0.6 is 0 Å². The average molecular weight is 431 g/mol. The van der Waals surface area contributed by atoms with Gasteiger partial charge < -0.3 is 14.8 Å². The van der Waals surface area contributed by atoms with E-state index < -0.39 is 12.8 Å². The maximum atomic E-state index is 12.5. The number of halogens is 3. The third kappa shape index (κ3) is 4.65. The Kier molecular flexibility index (Phi) is 5.32. The van der Waals surface area contributed by atoms with Crippen molar-refractivity contribution in [3.63, 3.8) is 0 Å². The van der Waals surface area contributed by atoms with Gasteiger partial charge in [0.15, 0.2) is 12.4 Å². The van der Waals surface area contributed by atoms with E-state index in [2.05, 4.69) is 25.1 Å². The lowest BCUT2D eigenvalue weighted by molar-refractivity contribution is -0.154. The van der Waals surface area contributed by atoms with E-state index in [0.717, 1.165) is 0 Å². The summed E-state index contributed by atoms with van der Waals surface area (Å²) < 4.78 is 48.5. The van der Waals surface area contributed by atoms with Crippen molar-refractivity contribution in [3.05, 3.63) is 65.9 Å². The highest BCUT2D eigenvalue weighted by molar-refractivity contribution is 6.05. The zero-order valence-electron chi connectivity index (χ0n) is 16.2. The fourth-order valence-electron chi connectivity index (χ4n) is 2.87. The van der Waals surface area contributed by atoms with Crippen LogP contribution in [0.5, 0.6) is 11.6 Å². The first-order chi connectivity index (χ1) is 14.8. The lowest BCUT2D eigenvalue weighted by atomic mass is 10.2. The lowest BCUT2D eigenvalue weighted by Gasteiger charge is -2.12. The van der Waals surface area contributed by atoms with Crippen LogP contribution in [0.15, 0.2) is 54.6 Å². The van der Waals surface area contributed by atoms with Crippen molar-refractivity contribution in [2.75, 3.05) is 13.7 Å². The number of alkyl halides is 3. The number of allylic oxidation sites excluding steroid dienone is 3. The van der Waals surface area contributed by atoms with Crippen LogP contribution in [0.3, 0.4) is 0 Å². The van der Waals surface area contributed by atoms with E-state index in [1.165, 1.54) is 25.6 Å². The number of fused-ring (bicyclic) bond motifs is 1. The molecule has 1 aliphatic carbocycles. The number of ether oxygens (including phenoxy) is 2. The molecule has 3 heterocycles. The minimum atomic E-state index is -4.48. The normalized spacial score (nSPS) is 13.0. The number of hydrogen-bond donors (Lipinski definition) is 1. The van der Waals surface area contributed by atoms with Gasteiger partial charge in [0, 0.05) is 24.3 Å². The molecule has 1 aliphatic rings. The van der Waals surface area contributed by atoms with Gasteiger partial charge in [0.05, 0.1) is 24.6 Å². The number of methoxy groups -OCH3 is 1. The van der Waals surface area contributed by atoms with Crippen LogP contribution in [0.2, 0.25) is 0 Å². The summed E-state index contributed by atoms with van der Waals surface area (Å²) in [6, 6.07) is 3.20. The number of hydrogen-bond acceptors (Lipinski definition) is 6. The molecule has 160 valence electrons. The molecule has 0 radical (unpaired) electrons. The summed E-state index contributed by atoms with van der Waals surface area (Å²) >= 11 is 0. The minimum Gasteiger partial charge on any atom is -0.491 e. The van der Waals surface area contributed by atoms with Crippen molar-refractivity contribution in [1.82, 2.24) is 25.1 Å². The maximum absolute atomic E-state index is 12.5. The van der Waals surface area contributed by atoms with Crippen LogP contribution in [0.4, 0.5) is 13.2 Å². The lowest BCUT2D eigenvalue weighted by Crippen LogP contribution is -2.24. The first-order valence-corrected chi connectivity index (χ1v) is 9.07. The van der Waals surface area contributed by atoms with Crippen LogP contribution in [0.1, 0.15) is 16.1 Å². The fraction of sp³-hybridized carbons (Fsp3) is 0.200. The van der Waals surface area contributed by atoms with Gasteiger partial charge in [0.25, 0.3) is 11.8 Å². The number of nitrogens with zero attached hydrogens (tertiary/aromatic N) is 4. The summed E-state index contributed by atoms with van der Waals surface area (Å²) in [6.07, 6.45) is 5.41. The second kappa shape index (κ2) is 8.09. The number of rotatable bonds is 7. The van der Waals surface area contributed by atoms with Crippen molar-refractivity contribution in [2.24, 2.45) is 0 Å². The van der Waals surface area contributed by atoms with Crippen molar-refractivity contribution < 1.29 is 27.4 Å². The predicted molar refractivity (Wildman–Crippen MR) is 104 cm³/mol. The Labute approximate surface area is 174 Å². The third-order valence-corrected chi connectivity index (χ3v) is 4.32. The number of carbonyl (C=O) groups excluding carboxylic acids is 1. The standard InChI is InChI=1S/C20H16F3N5O3/c1-30-16-7-12(8-25-19(16)31-11-20(21,22)23)9-28-10-14-15(27-28)5-6-24-17(14)18(29)26-13-3-2-4-13/h2-8,10H,9,11H2,1H3,(H,26,29). The Balaban J connectivity index is 1.54. The van der Waals surface area contributed by atoms with Crippen LogP contribution in [0, 0.1) is 0 Å². The molecular formula is C20H16F3N5O3. The SMILES string of the molecule is COc1cc(Cn2cc3c(C(=O)NC4=CC=C4)nccc3n2)cnc1OCC(F)(F)F. The smallest absolute Gasteiger partial charge is 0.422 e. The monoisotopic (exact) mass is 431 g/mol. The Morgan fingerprint density at radius 1 is 1.29 bits per heavy atom. The highest BCUT2D eigenvalue weighted by Gasteiger charge is 2.29. The quantitative estimate of drug-likeness (QED) is 0.619. The molecule has 8 nitrogen and oxygen atoms in total. The second-order valence-electron chi connectivity index (χ2n) is 6.61. The molecule has 0 atom stereocenters. The molecule has 0 fully saturated rings. The van der Waals surface area contributed by atoms with E-state index >= 15 is 0 Å². The van der Waals surface area contributed by atoms with E-state index in [9.17, 15) is 18.0 Å². The van der Waals surface area contributed by atoms with E-state index in [4.69, 9.17) is 4.74 Å². The molecule has 3 aromatic rings. The summed E-state index contributed by atoms with van der Waals surface area (Å²) in [7, 11) is 1.31. The van der Waals surface area contributed by atoms with Gasteiger partial charge >= 0.3 is 6.18 Å². The van der Waals surface area contributed by atoms with Gasteiger partial charge in [-0.1, -0.05) is 6.08 Å². The fourth-order valence-corrected chi connectivity index (χ4v) is 2.87. The maximum Gasteiger partial charge on any atom is 0.422 e. The van der Waals surface area contributed by atoms with Gasteiger partial charge in [0.1, 0.15) is 5.69 Å². The number of pyridine rings is 2. The second-order valence-corrected chi connectivity index (χ2v) is 6.61. The third-order valence-electron chi connectivity index (χ3n) is 4.32. The van der Waals surface area contributed by atoms with Gasteiger partial charge in [0.2, 0.25) is 0 Å². The summed E-state index contributed by atoms with van der Waals surface area (Å²) in [5.74, 6) is -0.533. The molecule has 0 bridgehead atoms. The molecule has 0 unspecified atom stereocenters. The largest absolute Gasteiger partial charge is 0.491 e. The molecule has 31 heavy (non-hydrogen) atoms. The number of nitrogens with one attached hydrogen (secondary N) is 1. The van der Waals surface area contributed by atoms with E-state index in [-0.39, 0.29) is 29.8 Å². The van der Waals surface area contributed by atoms with Crippen LogP contribution in [-0.2, 0) is 6.54 Å². The Bertz CT molecular complexity index is 1200.